The summed E-state index contributed by atoms with van der Waals surface area (Å²) in [4.78, 5) is 4.60. The van der Waals surface area contributed by atoms with E-state index in [1.54, 1.807) is 0 Å². The van der Waals surface area contributed by atoms with Crippen molar-refractivity contribution < 1.29 is 4.42 Å². The van der Waals surface area contributed by atoms with Gasteiger partial charge in [-0.05, 0) is 41.7 Å². The fourth-order valence-corrected chi connectivity index (χ4v) is 3.29. The van der Waals surface area contributed by atoms with Gasteiger partial charge in [0.1, 0.15) is 11.2 Å². The number of rotatable bonds is 2. The van der Waals surface area contributed by atoms with Gasteiger partial charge in [-0.15, -0.1) is 0 Å². The average molecular weight is 315 g/mol. The zero-order valence-electron chi connectivity index (χ0n) is 14.3. The average Bonchev–Trinajstić information content (AvgIpc) is 2.92. The van der Waals surface area contributed by atoms with Gasteiger partial charge in [0.25, 0.3) is 0 Å². The molecule has 0 spiro atoms. The molecule has 24 heavy (non-hydrogen) atoms. The molecule has 0 aliphatic carbocycles. The fraction of sp³-hybridized carbons (Fsp3) is 0.227. The lowest BCUT2D eigenvalue weighted by molar-refractivity contribution is 0.411. The van der Waals surface area contributed by atoms with Crippen LogP contribution in [0.4, 0.5) is 0 Å². The van der Waals surface area contributed by atoms with Crippen LogP contribution in [0.2, 0.25) is 0 Å². The van der Waals surface area contributed by atoms with Crippen LogP contribution in [-0.4, -0.2) is 4.98 Å². The van der Waals surface area contributed by atoms with Crippen molar-refractivity contribution in [2.24, 2.45) is 5.41 Å². The lowest BCUT2D eigenvalue weighted by Crippen LogP contribution is -2.09. The second-order valence-corrected chi connectivity index (χ2v) is 7.57. The Labute approximate surface area is 142 Å². The minimum absolute atomic E-state index is 0.254. The van der Waals surface area contributed by atoms with E-state index in [0.29, 0.717) is 0 Å². The summed E-state index contributed by atoms with van der Waals surface area (Å²) in [6.45, 7) is 6.77. The van der Waals surface area contributed by atoms with Gasteiger partial charge in [-0.2, -0.15) is 0 Å². The predicted molar refractivity (Wildman–Crippen MR) is 100 cm³/mol. The van der Waals surface area contributed by atoms with Crippen LogP contribution < -0.4 is 0 Å². The van der Waals surface area contributed by atoms with E-state index in [0.717, 1.165) is 39.6 Å². The Morgan fingerprint density at radius 2 is 1.71 bits per heavy atom. The molecule has 0 saturated carbocycles. The molecule has 0 N–H and O–H groups in total. The van der Waals surface area contributed by atoms with Crippen LogP contribution in [0.15, 0.2) is 65.2 Å². The minimum atomic E-state index is 0.254. The molecule has 0 saturated heterocycles. The second-order valence-electron chi connectivity index (χ2n) is 7.57. The van der Waals surface area contributed by atoms with Gasteiger partial charge < -0.3 is 4.42 Å². The third-order valence-electron chi connectivity index (χ3n) is 4.24. The van der Waals surface area contributed by atoms with Crippen molar-refractivity contribution >= 4 is 21.9 Å². The number of hydrogen-bond acceptors (Lipinski definition) is 2. The molecule has 2 heteroatoms. The van der Waals surface area contributed by atoms with E-state index in [-0.39, 0.29) is 5.41 Å². The number of fused-ring (bicyclic) bond motifs is 3. The third-order valence-corrected chi connectivity index (χ3v) is 4.24. The van der Waals surface area contributed by atoms with Crippen LogP contribution in [0, 0.1) is 5.41 Å². The number of benzene rings is 2. The second kappa shape index (κ2) is 5.48. The highest BCUT2D eigenvalue weighted by Crippen LogP contribution is 2.35. The van der Waals surface area contributed by atoms with Crippen LogP contribution in [-0.2, 0) is 6.42 Å². The number of hydrogen-bond donors (Lipinski definition) is 0. The van der Waals surface area contributed by atoms with Gasteiger partial charge in [0.2, 0.25) is 0 Å². The van der Waals surface area contributed by atoms with Crippen LogP contribution in [0.25, 0.3) is 33.2 Å². The molecule has 4 aromatic rings. The number of para-hydroxylation sites is 2. The topological polar surface area (TPSA) is 26.0 Å². The Hall–Kier alpha value is -2.61. The third kappa shape index (κ3) is 2.69. The van der Waals surface area contributed by atoms with E-state index >= 15 is 0 Å². The van der Waals surface area contributed by atoms with Gasteiger partial charge in [-0.1, -0.05) is 51.1 Å². The molecule has 2 aromatic heterocycles. The van der Waals surface area contributed by atoms with Crippen molar-refractivity contribution in [2.75, 3.05) is 0 Å². The number of pyridine rings is 1. The van der Waals surface area contributed by atoms with Crippen molar-refractivity contribution in [1.29, 1.82) is 0 Å². The van der Waals surface area contributed by atoms with Crippen LogP contribution in [0.5, 0.6) is 0 Å². The van der Waals surface area contributed by atoms with Gasteiger partial charge in [-0.25, -0.2) is 0 Å². The van der Waals surface area contributed by atoms with Crippen molar-refractivity contribution in [3.63, 3.8) is 0 Å². The molecule has 0 aliphatic rings. The first-order valence-electron chi connectivity index (χ1n) is 8.37. The highest BCUT2D eigenvalue weighted by Gasteiger charge is 2.15. The Kier molecular flexibility index (Phi) is 3.42. The summed E-state index contributed by atoms with van der Waals surface area (Å²) >= 11 is 0. The van der Waals surface area contributed by atoms with E-state index in [9.17, 15) is 0 Å². The number of aromatic nitrogens is 1. The molecule has 2 aromatic carbocycles. The van der Waals surface area contributed by atoms with Crippen LogP contribution in [0.1, 0.15) is 26.3 Å². The molecule has 2 nitrogen and oxygen atoms in total. The van der Waals surface area contributed by atoms with Gasteiger partial charge in [-0.3, -0.25) is 4.98 Å². The summed E-state index contributed by atoms with van der Waals surface area (Å²) in [5, 5.41) is 2.30. The molecule has 0 fully saturated rings. The Morgan fingerprint density at radius 3 is 2.54 bits per heavy atom. The standard InChI is InChI=1S/C22H21NO/c1-22(2,3)14-15-11-12-23-19(13-15)18-9-6-8-17-16-7-4-5-10-20(16)24-21(17)18/h4-13H,14H2,1-3H3. The summed E-state index contributed by atoms with van der Waals surface area (Å²) in [5.74, 6) is 0. The first-order valence-corrected chi connectivity index (χ1v) is 8.37. The summed E-state index contributed by atoms with van der Waals surface area (Å²) in [7, 11) is 0. The van der Waals surface area contributed by atoms with Crippen LogP contribution in [0.3, 0.4) is 0 Å². The summed E-state index contributed by atoms with van der Waals surface area (Å²) in [6.07, 6.45) is 2.93. The predicted octanol–water partition coefficient (Wildman–Crippen LogP) is 6.24. The maximum absolute atomic E-state index is 6.14. The first kappa shape index (κ1) is 14.9. The molecule has 120 valence electrons. The molecule has 2 heterocycles. The summed E-state index contributed by atoms with van der Waals surface area (Å²) in [6, 6.07) is 18.8. The Bertz CT molecular complexity index is 1020. The molecule has 0 amide bonds. The SMILES string of the molecule is CC(C)(C)Cc1ccnc(-c2cccc3c2oc2ccccc23)c1. The molecule has 4 rings (SSSR count). The molecule has 0 unspecified atom stereocenters. The molecule has 0 aliphatic heterocycles. The quantitative estimate of drug-likeness (QED) is 0.438. The van der Waals surface area contributed by atoms with E-state index in [4.69, 9.17) is 4.42 Å². The molecular formula is C22H21NO. The highest BCUT2D eigenvalue weighted by atomic mass is 16.3. The maximum atomic E-state index is 6.14. The Morgan fingerprint density at radius 1 is 0.917 bits per heavy atom. The number of furan rings is 1. The summed E-state index contributed by atoms with van der Waals surface area (Å²) < 4.78 is 6.14. The molecule has 0 atom stereocenters. The first-order chi connectivity index (χ1) is 11.5. The fourth-order valence-electron chi connectivity index (χ4n) is 3.29. The highest BCUT2D eigenvalue weighted by molar-refractivity contribution is 6.09. The minimum Gasteiger partial charge on any atom is -0.455 e. The smallest absolute Gasteiger partial charge is 0.144 e. The van der Waals surface area contributed by atoms with E-state index in [1.807, 2.05) is 24.4 Å². The maximum Gasteiger partial charge on any atom is 0.144 e. The van der Waals surface area contributed by atoms with E-state index in [2.05, 4.69) is 62.2 Å². The van der Waals surface area contributed by atoms with E-state index < -0.39 is 0 Å². The van der Waals surface area contributed by atoms with Gasteiger partial charge in [0.05, 0.1) is 5.69 Å². The lowest BCUT2D eigenvalue weighted by atomic mass is 9.88. The van der Waals surface area contributed by atoms with Crippen molar-refractivity contribution in [2.45, 2.75) is 27.2 Å². The van der Waals surface area contributed by atoms with E-state index in [1.165, 1.54) is 5.56 Å². The van der Waals surface area contributed by atoms with Crippen molar-refractivity contribution in [3.05, 3.63) is 66.4 Å². The molecule has 0 radical (unpaired) electrons. The zero-order chi connectivity index (χ0) is 16.7. The van der Waals surface area contributed by atoms with Crippen LogP contribution >= 0.6 is 0 Å². The molecule has 0 bridgehead atoms. The zero-order valence-corrected chi connectivity index (χ0v) is 14.3. The van der Waals surface area contributed by atoms with Gasteiger partial charge in [0.15, 0.2) is 0 Å². The largest absolute Gasteiger partial charge is 0.455 e. The Balaban J connectivity index is 1.89. The lowest BCUT2D eigenvalue weighted by Gasteiger charge is -2.18. The van der Waals surface area contributed by atoms with Gasteiger partial charge in [0, 0.05) is 22.5 Å². The van der Waals surface area contributed by atoms with Crippen molar-refractivity contribution in [3.8, 4) is 11.3 Å². The van der Waals surface area contributed by atoms with Crippen molar-refractivity contribution in [1.82, 2.24) is 4.98 Å². The molecular weight excluding hydrogens is 294 g/mol. The summed E-state index contributed by atoms with van der Waals surface area (Å²) in [5.41, 5.74) is 5.43. The monoisotopic (exact) mass is 315 g/mol. The van der Waals surface area contributed by atoms with Gasteiger partial charge >= 0.3 is 0 Å². The normalized spacial score (nSPS) is 12.1. The number of nitrogens with zero attached hydrogens (tertiary/aromatic N) is 1.